The Morgan fingerprint density at radius 1 is 1.26 bits per heavy atom. The molecule has 0 bridgehead atoms. The number of carbonyl (C=O) groups excluding carboxylic acids is 2. The molecule has 1 spiro atoms. The molecule has 0 radical (unpaired) electrons. The fourth-order valence-electron chi connectivity index (χ4n) is 4.50. The Kier molecular flexibility index (Phi) is 6.25. The summed E-state index contributed by atoms with van der Waals surface area (Å²) in [6.07, 6.45) is 10.2. The minimum atomic E-state index is -0.202. The second-order valence-electron chi connectivity index (χ2n) is 9.12. The number of nitrogens with one attached hydrogen (secondary N) is 3. The van der Waals surface area contributed by atoms with Crippen LogP contribution in [0, 0.1) is 12.3 Å². The van der Waals surface area contributed by atoms with Crippen molar-refractivity contribution < 1.29 is 9.59 Å². The Bertz CT molecular complexity index is 1340. The van der Waals surface area contributed by atoms with E-state index < -0.39 is 0 Å². The molecule has 3 N–H and O–H groups in total. The number of nitrogens with zero attached hydrogens (tertiary/aromatic N) is 5. The number of aromatic amines is 1. The van der Waals surface area contributed by atoms with Gasteiger partial charge in [-0.1, -0.05) is 23.8 Å². The summed E-state index contributed by atoms with van der Waals surface area (Å²) in [6.45, 7) is 6.84. The minimum Gasteiger partial charge on any atom is -0.344 e. The quantitative estimate of drug-likeness (QED) is 0.348. The molecule has 6 rings (SSSR count). The molecule has 2 amide bonds. The number of rotatable bonds is 6. The van der Waals surface area contributed by atoms with Crippen LogP contribution in [0.15, 0.2) is 36.8 Å². The van der Waals surface area contributed by atoms with Crippen LogP contribution in [0.2, 0.25) is 0 Å². The molecule has 1 aliphatic carbocycles. The minimum absolute atomic E-state index is 0.202. The predicted molar refractivity (Wildman–Crippen MR) is 136 cm³/mol. The van der Waals surface area contributed by atoms with Gasteiger partial charge in [0.15, 0.2) is 10.9 Å². The molecular weight excluding hydrogens is 464 g/mol. The van der Waals surface area contributed by atoms with Crippen LogP contribution in [-0.4, -0.2) is 55.3 Å². The lowest BCUT2D eigenvalue weighted by atomic mass is 9.64. The molecular formula is C24H28N8O2S. The van der Waals surface area contributed by atoms with E-state index in [0.29, 0.717) is 21.2 Å². The molecule has 182 valence electrons. The van der Waals surface area contributed by atoms with Gasteiger partial charge in [-0.2, -0.15) is 10.2 Å². The number of hydrogen-bond acceptors (Lipinski definition) is 7. The van der Waals surface area contributed by atoms with Crippen molar-refractivity contribution in [3.63, 3.8) is 0 Å². The molecule has 11 heteroatoms. The van der Waals surface area contributed by atoms with E-state index in [-0.39, 0.29) is 5.91 Å². The maximum absolute atomic E-state index is 12.6. The molecule has 1 aliphatic heterocycles. The summed E-state index contributed by atoms with van der Waals surface area (Å²) in [5, 5.41) is 18.9. The Morgan fingerprint density at radius 3 is 2.77 bits per heavy atom. The highest BCUT2D eigenvalue weighted by Crippen LogP contribution is 2.47. The number of aryl methyl sites for hydroxylation is 2. The number of amides is 2. The lowest BCUT2D eigenvalue weighted by Crippen LogP contribution is -2.58. The van der Waals surface area contributed by atoms with Crippen molar-refractivity contribution in [2.45, 2.75) is 39.7 Å². The van der Waals surface area contributed by atoms with Gasteiger partial charge in [-0.25, -0.2) is 4.98 Å². The average molecular weight is 493 g/mol. The Morgan fingerprint density at radius 2 is 2.09 bits per heavy atom. The molecule has 4 heterocycles. The lowest BCUT2D eigenvalue weighted by molar-refractivity contribution is -0.135. The van der Waals surface area contributed by atoms with Crippen LogP contribution in [-0.2, 0) is 11.3 Å². The average Bonchev–Trinajstić information content (AvgIpc) is 3.55. The van der Waals surface area contributed by atoms with Crippen molar-refractivity contribution in [3.8, 4) is 0 Å². The number of likely N-dealkylation sites (tertiary alicyclic amines) is 1. The predicted octanol–water partition coefficient (Wildman–Crippen LogP) is 4.17. The van der Waals surface area contributed by atoms with Crippen LogP contribution in [0.4, 0.5) is 16.6 Å². The Hall–Kier alpha value is -3.73. The Labute approximate surface area is 206 Å². The highest BCUT2D eigenvalue weighted by molar-refractivity contribution is 7.17. The molecule has 0 atom stereocenters. The number of thiazole rings is 1. The van der Waals surface area contributed by atoms with Crippen LogP contribution in [0.5, 0.6) is 0 Å². The Balaban J connectivity index is 0.000000234. The van der Waals surface area contributed by atoms with E-state index in [1.165, 1.54) is 30.6 Å². The number of aromatic nitrogens is 5. The van der Waals surface area contributed by atoms with Crippen molar-refractivity contribution >= 4 is 51.2 Å². The normalized spacial score (nSPS) is 15.7. The van der Waals surface area contributed by atoms with Crippen LogP contribution >= 0.6 is 11.3 Å². The van der Waals surface area contributed by atoms with E-state index in [2.05, 4.69) is 30.9 Å². The molecule has 2 aliphatic rings. The van der Waals surface area contributed by atoms with Crippen molar-refractivity contribution in [3.05, 3.63) is 47.2 Å². The third kappa shape index (κ3) is 4.76. The highest BCUT2D eigenvalue weighted by Gasteiger charge is 2.46. The summed E-state index contributed by atoms with van der Waals surface area (Å²) in [5.41, 5.74) is 3.22. The fraction of sp³-hybridized carbons (Fsp3) is 0.375. The summed E-state index contributed by atoms with van der Waals surface area (Å²) in [4.78, 5) is 29.4. The third-order valence-corrected chi connectivity index (χ3v) is 7.55. The number of fused-ring (bicyclic) bond motifs is 1. The largest absolute Gasteiger partial charge is 0.344 e. The van der Waals surface area contributed by atoms with Gasteiger partial charge in [-0.05, 0) is 38.3 Å². The molecule has 0 unspecified atom stereocenters. The zero-order chi connectivity index (χ0) is 24.4. The van der Waals surface area contributed by atoms with Crippen LogP contribution < -0.4 is 10.6 Å². The topological polar surface area (TPSA) is 121 Å². The van der Waals surface area contributed by atoms with Gasteiger partial charge in [0.1, 0.15) is 4.88 Å². The number of H-pyrrole nitrogens is 1. The van der Waals surface area contributed by atoms with Crippen molar-refractivity contribution in [1.29, 1.82) is 0 Å². The summed E-state index contributed by atoms with van der Waals surface area (Å²) >= 11 is 1.28. The second-order valence-corrected chi connectivity index (χ2v) is 10.1. The first-order valence-corrected chi connectivity index (χ1v) is 12.5. The van der Waals surface area contributed by atoms with Crippen LogP contribution in [0.1, 0.15) is 41.4 Å². The van der Waals surface area contributed by atoms with E-state index in [9.17, 15) is 9.59 Å². The van der Waals surface area contributed by atoms with Crippen LogP contribution in [0.25, 0.3) is 10.9 Å². The van der Waals surface area contributed by atoms with Crippen molar-refractivity contribution in [2.75, 3.05) is 23.7 Å². The SMILES string of the molecule is CCn1ccc(Nc2ncc(C(=O)Nc3c(C)ccc4[nH]ncc34)s2)n1.O=CN1CC2(CCC2)C1. The highest BCUT2D eigenvalue weighted by atomic mass is 32.1. The van der Waals surface area contributed by atoms with Gasteiger partial charge >= 0.3 is 0 Å². The number of anilines is 3. The molecule has 3 aromatic heterocycles. The second kappa shape index (κ2) is 9.49. The standard InChI is InChI=1S/C17H17N7OS.C7H11NO/c1-3-24-7-6-14(23-24)20-17-18-9-13(26-17)16(25)21-15-10(2)4-5-12-11(15)8-19-22-12;9-6-8-4-7(5-8)2-1-3-7/h4-9H,3H2,1-2H3,(H,19,22)(H,21,25)(H,18,20,23);6H,1-5H2. The summed E-state index contributed by atoms with van der Waals surface area (Å²) in [7, 11) is 0. The van der Waals surface area contributed by atoms with Crippen LogP contribution in [0.3, 0.4) is 0 Å². The molecule has 1 saturated carbocycles. The van der Waals surface area contributed by atoms with Crippen molar-refractivity contribution in [1.82, 2.24) is 29.9 Å². The number of benzene rings is 1. The van der Waals surface area contributed by atoms with E-state index in [4.69, 9.17) is 0 Å². The summed E-state index contributed by atoms with van der Waals surface area (Å²) in [5.74, 6) is 0.499. The molecule has 10 nitrogen and oxygen atoms in total. The maximum atomic E-state index is 12.6. The molecule has 35 heavy (non-hydrogen) atoms. The first kappa shape index (κ1) is 23.0. The van der Waals surface area contributed by atoms with E-state index in [1.54, 1.807) is 12.4 Å². The fourth-order valence-corrected chi connectivity index (χ4v) is 5.22. The maximum Gasteiger partial charge on any atom is 0.267 e. The van der Waals surface area contributed by atoms with Gasteiger partial charge in [0.2, 0.25) is 6.41 Å². The van der Waals surface area contributed by atoms with Crippen molar-refractivity contribution in [2.24, 2.45) is 5.41 Å². The first-order valence-electron chi connectivity index (χ1n) is 11.7. The molecule has 2 fully saturated rings. The zero-order valence-corrected chi connectivity index (χ0v) is 20.6. The number of hydrogen-bond donors (Lipinski definition) is 3. The molecule has 1 aromatic carbocycles. The summed E-state index contributed by atoms with van der Waals surface area (Å²) in [6, 6.07) is 5.75. The zero-order valence-electron chi connectivity index (χ0n) is 19.7. The number of carbonyl (C=O) groups is 2. The third-order valence-electron chi connectivity index (χ3n) is 6.64. The first-order chi connectivity index (χ1) is 17.0. The van der Waals surface area contributed by atoms with Gasteiger partial charge in [-0.15, -0.1) is 0 Å². The van der Waals surface area contributed by atoms with E-state index in [0.717, 1.165) is 48.2 Å². The van der Waals surface area contributed by atoms with Gasteiger partial charge in [0, 0.05) is 42.7 Å². The smallest absolute Gasteiger partial charge is 0.267 e. The summed E-state index contributed by atoms with van der Waals surface area (Å²) < 4.78 is 1.82. The van der Waals surface area contributed by atoms with E-state index in [1.807, 2.05) is 47.8 Å². The van der Waals surface area contributed by atoms with Gasteiger partial charge in [-0.3, -0.25) is 19.4 Å². The van der Waals surface area contributed by atoms with Gasteiger partial charge in [0.05, 0.1) is 23.6 Å². The van der Waals surface area contributed by atoms with Gasteiger partial charge in [0.25, 0.3) is 5.91 Å². The van der Waals surface area contributed by atoms with Gasteiger partial charge < -0.3 is 15.5 Å². The monoisotopic (exact) mass is 492 g/mol. The molecule has 4 aromatic rings. The lowest BCUT2D eigenvalue weighted by Gasteiger charge is -2.54. The van der Waals surface area contributed by atoms with E-state index >= 15 is 0 Å². The molecule has 1 saturated heterocycles.